The van der Waals surface area contributed by atoms with Crippen LogP contribution in [0.5, 0.6) is 0 Å². The molecule has 2 heterocycles. The van der Waals surface area contributed by atoms with Crippen LogP contribution in [0.1, 0.15) is 12.8 Å². The van der Waals surface area contributed by atoms with Crippen LogP contribution in [0.2, 0.25) is 0 Å². The van der Waals surface area contributed by atoms with Crippen LogP contribution in [0.25, 0.3) is 0 Å². The van der Waals surface area contributed by atoms with Crippen molar-refractivity contribution < 1.29 is 23.5 Å². The molecule has 0 unspecified atom stereocenters. The molecule has 1 aromatic rings. The SMILES string of the molecule is CO[C@H]1CCCN(C(=O)Nc2cc(N3CCOC3=O)ccc2F)C1. The van der Waals surface area contributed by atoms with Crippen molar-refractivity contribution in [1.29, 1.82) is 0 Å². The van der Waals surface area contributed by atoms with E-state index in [4.69, 9.17) is 9.47 Å². The number of rotatable bonds is 3. The predicted molar refractivity (Wildman–Crippen MR) is 85.7 cm³/mol. The fourth-order valence-electron chi connectivity index (χ4n) is 2.91. The van der Waals surface area contributed by atoms with E-state index in [9.17, 15) is 14.0 Å². The third-order valence-corrected chi connectivity index (χ3v) is 4.26. The summed E-state index contributed by atoms with van der Waals surface area (Å²) >= 11 is 0. The molecule has 1 N–H and O–H groups in total. The van der Waals surface area contributed by atoms with Crippen molar-refractivity contribution in [2.45, 2.75) is 18.9 Å². The minimum atomic E-state index is -0.556. The van der Waals surface area contributed by atoms with Crippen molar-refractivity contribution in [3.05, 3.63) is 24.0 Å². The smallest absolute Gasteiger partial charge is 0.414 e. The van der Waals surface area contributed by atoms with E-state index in [0.717, 1.165) is 12.8 Å². The van der Waals surface area contributed by atoms with Gasteiger partial charge in [0.1, 0.15) is 12.4 Å². The summed E-state index contributed by atoms with van der Waals surface area (Å²) in [6.45, 7) is 1.77. The maximum absolute atomic E-state index is 14.0. The van der Waals surface area contributed by atoms with E-state index in [0.29, 0.717) is 31.9 Å². The van der Waals surface area contributed by atoms with Crippen LogP contribution in [0.3, 0.4) is 0 Å². The average Bonchev–Trinajstić information content (AvgIpc) is 3.03. The van der Waals surface area contributed by atoms with E-state index in [2.05, 4.69) is 5.32 Å². The van der Waals surface area contributed by atoms with Crippen LogP contribution in [-0.2, 0) is 9.47 Å². The summed E-state index contributed by atoms with van der Waals surface area (Å²) in [5, 5.41) is 2.58. The minimum Gasteiger partial charge on any atom is -0.447 e. The average molecular weight is 337 g/mol. The standard InChI is InChI=1S/C16H20FN3O4/c1-23-12-3-2-6-19(10-12)15(21)18-14-9-11(4-5-13(14)17)20-7-8-24-16(20)22/h4-5,9,12H,2-3,6-8,10H2,1H3,(H,18,21)/t12-/m0/s1. The molecule has 1 aromatic carbocycles. The van der Waals surface area contributed by atoms with E-state index in [1.54, 1.807) is 12.0 Å². The first kappa shape index (κ1) is 16.5. The van der Waals surface area contributed by atoms with Gasteiger partial charge in [-0.2, -0.15) is 0 Å². The fourth-order valence-corrected chi connectivity index (χ4v) is 2.91. The lowest BCUT2D eigenvalue weighted by Gasteiger charge is -2.32. The molecular weight excluding hydrogens is 317 g/mol. The summed E-state index contributed by atoms with van der Waals surface area (Å²) in [7, 11) is 1.62. The zero-order valence-electron chi connectivity index (χ0n) is 13.5. The molecule has 8 heteroatoms. The maximum Gasteiger partial charge on any atom is 0.414 e. The summed E-state index contributed by atoms with van der Waals surface area (Å²) in [5.41, 5.74) is 0.527. The molecule has 2 aliphatic heterocycles. The number of hydrogen-bond donors (Lipinski definition) is 1. The highest BCUT2D eigenvalue weighted by Gasteiger charge is 2.26. The normalized spacial score (nSPS) is 20.9. The van der Waals surface area contributed by atoms with Gasteiger partial charge in [-0.25, -0.2) is 14.0 Å². The van der Waals surface area contributed by atoms with E-state index in [1.807, 2.05) is 0 Å². The molecule has 3 amide bonds. The van der Waals surface area contributed by atoms with Crippen molar-refractivity contribution in [3.8, 4) is 0 Å². The molecule has 0 spiro atoms. The number of nitrogens with one attached hydrogen (secondary N) is 1. The Morgan fingerprint density at radius 2 is 2.25 bits per heavy atom. The van der Waals surface area contributed by atoms with Gasteiger partial charge in [0.05, 0.1) is 18.3 Å². The van der Waals surface area contributed by atoms with Crippen LogP contribution in [0, 0.1) is 5.82 Å². The van der Waals surface area contributed by atoms with Gasteiger partial charge >= 0.3 is 12.1 Å². The number of likely N-dealkylation sites (tertiary alicyclic amines) is 1. The third kappa shape index (κ3) is 3.43. The second-order valence-electron chi connectivity index (χ2n) is 5.81. The molecule has 24 heavy (non-hydrogen) atoms. The molecular formula is C16H20FN3O4. The van der Waals surface area contributed by atoms with Crippen LogP contribution >= 0.6 is 0 Å². The van der Waals surface area contributed by atoms with Crippen LogP contribution in [-0.4, -0.2) is 56.5 Å². The molecule has 2 aliphatic rings. The highest BCUT2D eigenvalue weighted by molar-refractivity contribution is 5.93. The number of hydrogen-bond acceptors (Lipinski definition) is 4. The first-order chi connectivity index (χ1) is 11.6. The molecule has 0 aliphatic carbocycles. The molecule has 2 fully saturated rings. The monoisotopic (exact) mass is 337 g/mol. The second kappa shape index (κ2) is 7.04. The number of anilines is 2. The molecule has 1 atom stereocenters. The van der Waals surface area contributed by atoms with Crippen LogP contribution < -0.4 is 10.2 Å². The first-order valence-electron chi connectivity index (χ1n) is 7.91. The topological polar surface area (TPSA) is 71.1 Å². The summed E-state index contributed by atoms with van der Waals surface area (Å²) in [5.74, 6) is -0.556. The lowest BCUT2D eigenvalue weighted by atomic mass is 10.1. The lowest BCUT2D eigenvalue weighted by Crippen LogP contribution is -2.45. The number of halogens is 1. The maximum atomic E-state index is 14.0. The molecule has 0 radical (unpaired) electrons. The van der Waals surface area contributed by atoms with E-state index in [-0.39, 0.29) is 17.8 Å². The Morgan fingerprint density at radius 3 is 2.96 bits per heavy atom. The Hall–Kier alpha value is -2.35. The van der Waals surface area contributed by atoms with Gasteiger partial charge in [0.2, 0.25) is 0 Å². The van der Waals surface area contributed by atoms with Crippen molar-refractivity contribution in [2.75, 3.05) is 43.6 Å². The van der Waals surface area contributed by atoms with E-state index < -0.39 is 11.9 Å². The second-order valence-corrected chi connectivity index (χ2v) is 5.81. The zero-order chi connectivity index (χ0) is 17.1. The number of cyclic esters (lactones) is 1. The number of piperidine rings is 1. The number of carbonyl (C=O) groups excluding carboxylic acids is 2. The molecule has 3 rings (SSSR count). The third-order valence-electron chi connectivity index (χ3n) is 4.26. The van der Waals surface area contributed by atoms with Gasteiger partial charge in [0, 0.05) is 25.9 Å². The summed E-state index contributed by atoms with van der Waals surface area (Å²) < 4.78 is 24.2. The van der Waals surface area contributed by atoms with Gasteiger partial charge in [0.15, 0.2) is 0 Å². The molecule has 0 bridgehead atoms. The predicted octanol–water partition coefficient (Wildman–Crippen LogP) is 2.43. The number of benzene rings is 1. The van der Waals surface area contributed by atoms with E-state index >= 15 is 0 Å². The zero-order valence-corrected chi connectivity index (χ0v) is 13.5. The largest absolute Gasteiger partial charge is 0.447 e. The molecule has 7 nitrogen and oxygen atoms in total. The number of nitrogens with zero attached hydrogens (tertiary/aromatic N) is 2. The number of urea groups is 1. The van der Waals surface area contributed by atoms with Gasteiger partial charge in [0.25, 0.3) is 0 Å². The van der Waals surface area contributed by atoms with Gasteiger partial charge in [-0.3, -0.25) is 4.90 Å². The summed E-state index contributed by atoms with van der Waals surface area (Å²) in [6.07, 6.45) is 1.27. The Balaban J connectivity index is 1.72. The molecule has 2 saturated heterocycles. The highest BCUT2D eigenvalue weighted by Crippen LogP contribution is 2.25. The Kier molecular flexibility index (Phi) is 4.84. The number of ether oxygens (including phenoxy) is 2. The fraction of sp³-hybridized carbons (Fsp3) is 0.500. The number of amides is 3. The highest BCUT2D eigenvalue weighted by atomic mass is 19.1. The van der Waals surface area contributed by atoms with Gasteiger partial charge < -0.3 is 19.7 Å². The van der Waals surface area contributed by atoms with Crippen LogP contribution in [0.4, 0.5) is 25.4 Å². The van der Waals surface area contributed by atoms with Crippen molar-refractivity contribution in [1.82, 2.24) is 4.90 Å². The summed E-state index contributed by atoms with van der Waals surface area (Å²) in [4.78, 5) is 27.0. The lowest BCUT2D eigenvalue weighted by molar-refractivity contribution is 0.0458. The van der Waals surface area contributed by atoms with Crippen molar-refractivity contribution >= 4 is 23.5 Å². The quantitative estimate of drug-likeness (QED) is 0.919. The van der Waals surface area contributed by atoms with Crippen molar-refractivity contribution in [2.24, 2.45) is 0 Å². The summed E-state index contributed by atoms with van der Waals surface area (Å²) in [6, 6.07) is 3.78. The van der Waals surface area contributed by atoms with Gasteiger partial charge in [-0.05, 0) is 31.0 Å². The molecule has 0 saturated carbocycles. The van der Waals surface area contributed by atoms with Crippen LogP contribution in [0.15, 0.2) is 18.2 Å². The first-order valence-corrected chi connectivity index (χ1v) is 7.91. The van der Waals surface area contributed by atoms with Gasteiger partial charge in [-0.15, -0.1) is 0 Å². The molecule has 130 valence electrons. The van der Waals surface area contributed by atoms with E-state index in [1.165, 1.54) is 23.1 Å². The Morgan fingerprint density at radius 1 is 1.42 bits per heavy atom. The number of carbonyl (C=O) groups is 2. The molecule has 0 aromatic heterocycles. The minimum absolute atomic E-state index is 0.0000476. The number of methoxy groups -OCH3 is 1. The van der Waals surface area contributed by atoms with Gasteiger partial charge in [-0.1, -0.05) is 0 Å². The Bertz CT molecular complexity index is 640. The Labute approximate surface area is 139 Å². The van der Waals surface area contributed by atoms with Crippen molar-refractivity contribution in [3.63, 3.8) is 0 Å².